The van der Waals surface area contributed by atoms with Gasteiger partial charge in [-0.2, -0.15) is 9.10 Å². The number of aliphatic hydroxyl groups is 1. The lowest BCUT2D eigenvalue weighted by Crippen LogP contribution is -2.53. The maximum atomic E-state index is 16.2. The van der Waals surface area contributed by atoms with E-state index in [0.29, 0.717) is 45.0 Å². The van der Waals surface area contributed by atoms with E-state index in [-0.39, 0.29) is 42.5 Å². The number of nitrogens with zero attached hydrogens (tertiary/aromatic N) is 6. The number of nitrogen functional groups attached to an aromatic ring is 1. The second kappa shape index (κ2) is 20.0. The van der Waals surface area contributed by atoms with Crippen molar-refractivity contribution in [3.05, 3.63) is 120 Å². The van der Waals surface area contributed by atoms with Gasteiger partial charge in [-0.05, 0) is 81.4 Å². The van der Waals surface area contributed by atoms with Crippen LogP contribution in [0.5, 0.6) is 17.2 Å². The third kappa shape index (κ3) is 10.8. The predicted molar refractivity (Wildman–Crippen MR) is 252 cm³/mol. The lowest BCUT2D eigenvalue weighted by Gasteiger charge is -2.35. The fourth-order valence-electron chi connectivity index (χ4n) is 7.60. The van der Waals surface area contributed by atoms with Crippen LogP contribution in [0.4, 0.5) is 10.7 Å². The molecule has 2 aromatic heterocycles. The van der Waals surface area contributed by atoms with Crippen molar-refractivity contribution in [2.75, 3.05) is 33.7 Å². The second-order valence-corrected chi connectivity index (χ2v) is 20.3. The van der Waals surface area contributed by atoms with Gasteiger partial charge in [-0.1, -0.05) is 75.4 Å². The first-order chi connectivity index (χ1) is 32.3. The Hall–Kier alpha value is -7.11. The van der Waals surface area contributed by atoms with E-state index < -0.39 is 60.1 Å². The molecule has 2 heterocycles. The van der Waals surface area contributed by atoms with E-state index in [1.807, 2.05) is 0 Å². The first-order valence-corrected chi connectivity index (χ1v) is 23.9. The van der Waals surface area contributed by atoms with Gasteiger partial charge in [0.2, 0.25) is 25.9 Å². The Morgan fingerprint density at radius 1 is 0.809 bits per heavy atom. The van der Waals surface area contributed by atoms with Crippen molar-refractivity contribution in [1.29, 1.82) is 0 Å². The Kier molecular flexibility index (Phi) is 14.4. The fourth-order valence-corrected chi connectivity index (χ4v) is 11.5. The number of amides is 1. The molecular formula is C46H52N10O10S2. The number of fused-ring (bicyclic) bond motifs is 1. The molecule has 0 bridgehead atoms. The highest BCUT2D eigenvalue weighted by molar-refractivity contribution is 7.92. The number of para-hydroxylation sites is 1. The van der Waals surface area contributed by atoms with Gasteiger partial charge in [-0.15, -0.1) is 10.2 Å². The average molecular weight is 969 g/mol. The molecule has 0 spiro atoms. The first-order valence-electron chi connectivity index (χ1n) is 21.0. The number of hydrogen-bond acceptors (Lipinski definition) is 15. The quantitative estimate of drug-likeness (QED) is 0.0707. The maximum Gasteiger partial charge on any atom is 0.404 e. The number of H-pyrrole nitrogens is 1. The number of nitrogens with two attached hydrogens (primary N) is 2. The van der Waals surface area contributed by atoms with E-state index in [1.165, 1.54) is 25.1 Å². The molecule has 0 saturated heterocycles. The Morgan fingerprint density at radius 2 is 1.37 bits per heavy atom. The largest absolute Gasteiger partial charge is 0.497 e. The predicted octanol–water partition coefficient (Wildman–Crippen LogP) is 5.08. The summed E-state index contributed by atoms with van der Waals surface area (Å²) in [5.74, 6) is 1.51. The van der Waals surface area contributed by atoms with Gasteiger partial charge in [0.15, 0.2) is 5.95 Å². The highest BCUT2D eigenvalue weighted by Crippen LogP contribution is 2.43. The van der Waals surface area contributed by atoms with E-state index in [1.54, 1.807) is 119 Å². The monoisotopic (exact) mass is 968 g/mol. The molecule has 1 amide bonds. The standard InChI is InChI=1S/C46H52N10O10S2/c1-46(2,3)42(37(57)27-66-45(48)58)53-67(59,60)38-23-22-34(35-8-7-9-36-40(35)50-44(47)49-36)39(43-51-54-56(52-43)26-30-14-20-33(65-6)21-15-30)41(38)68(61,62)55(24-28-10-16-31(63-4)17-11-28)25-29-12-18-32(64-5)19-13-29/h7-23,37,42,53,57H,24-27H2,1-6H3,(H2,48,58)(H3,47,49,50). The highest BCUT2D eigenvalue weighted by Gasteiger charge is 2.41. The number of sulfonamides is 2. The van der Waals surface area contributed by atoms with Crippen LogP contribution in [0.15, 0.2) is 113 Å². The number of nitrogens with one attached hydrogen (secondary N) is 2. The van der Waals surface area contributed by atoms with Gasteiger partial charge in [-0.3, -0.25) is 0 Å². The van der Waals surface area contributed by atoms with Crippen LogP contribution in [0.3, 0.4) is 0 Å². The summed E-state index contributed by atoms with van der Waals surface area (Å²) in [6.45, 7) is 3.83. The number of aromatic amines is 1. The van der Waals surface area contributed by atoms with Crippen LogP contribution in [0.25, 0.3) is 33.5 Å². The summed E-state index contributed by atoms with van der Waals surface area (Å²) in [6.07, 6.45) is -2.83. The molecule has 0 fully saturated rings. The number of carbonyl (C=O) groups is 1. The average Bonchev–Trinajstić information content (AvgIpc) is 3.95. The third-order valence-electron chi connectivity index (χ3n) is 11.0. The SMILES string of the molecule is COc1ccc(CN(Cc2ccc(OC)cc2)S(=O)(=O)c2c(S(=O)(=O)NC(C(O)COC(N)=O)C(C)(C)C)ccc(-c3cccc4[nH]c(N)nc34)c2-c2nnn(Cc3ccc(OC)cc3)n2)cc1. The van der Waals surface area contributed by atoms with Gasteiger partial charge in [0, 0.05) is 18.7 Å². The molecule has 358 valence electrons. The van der Waals surface area contributed by atoms with Crippen LogP contribution in [0.1, 0.15) is 37.5 Å². The lowest BCUT2D eigenvalue weighted by atomic mass is 9.84. The first kappa shape index (κ1) is 48.8. The summed E-state index contributed by atoms with van der Waals surface area (Å²) in [6, 6.07) is 27.0. The van der Waals surface area contributed by atoms with Crippen molar-refractivity contribution < 1.29 is 45.7 Å². The van der Waals surface area contributed by atoms with Crippen molar-refractivity contribution in [3.8, 4) is 39.8 Å². The smallest absolute Gasteiger partial charge is 0.404 e. The number of carbonyl (C=O) groups excluding carboxylic acids is 1. The Balaban J connectivity index is 1.53. The van der Waals surface area contributed by atoms with E-state index in [4.69, 9.17) is 35.5 Å². The van der Waals surface area contributed by atoms with Crippen LogP contribution < -0.4 is 30.4 Å². The van der Waals surface area contributed by atoms with Crippen molar-refractivity contribution in [1.82, 2.24) is 39.2 Å². The molecule has 0 saturated carbocycles. The molecule has 7 N–H and O–H groups in total. The number of tetrazole rings is 1. The summed E-state index contributed by atoms with van der Waals surface area (Å²) in [5, 5.41) is 24.8. The van der Waals surface area contributed by atoms with Gasteiger partial charge in [0.25, 0.3) is 0 Å². The third-order valence-corrected chi connectivity index (χ3v) is 14.5. The van der Waals surface area contributed by atoms with Gasteiger partial charge in [-0.25, -0.2) is 31.3 Å². The van der Waals surface area contributed by atoms with Crippen molar-refractivity contribution >= 4 is 43.1 Å². The highest BCUT2D eigenvalue weighted by atomic mass is 32.2. The van der Waals surface area contributed by atoms with E-state index in [2.05, 4.69) is 25.0 Å². The maximum absolute atomic E-state index is 16.2. The molecule has 22 heteroatoms. The zero-order valence-electron chi connectivity index (χ0n) is 38.1. The number of imidazole rings is 1. The summed E-state index contributed by atoms with van der Waals surface area (Å²) >= 11 is 0. The zero-order valence-corrected chi connectivity index (χ0v) is 39.7. The number of hydrogen-bond donors (Lipinski definition) is 5. The molecular weight excluding hydrogens is 917 g/mol. The molecule has 5 aromatic carbocycles. The van der Waals surface area contributed by atoms with Crippen molar-refractivity contribution in [2.24, 2.45) is 11.1 Å². The molecule has 7 rings (SSSR count). The number of primary amides is 1. The summed E-state index contributed by atoms with van der Waals surface area (Å²) < 4.78 is 87.5. The number of aromatic nitrogens is 6. The Labute approximate surface area is 393 Å². The van der Waals surface area contributed by atoms with Crippen LogP contribution in [0, 0.1) is 5.41 Å². The Bertz CT molecular complexity index is 3070. The van der Waals surface area contributed by atoms with Crippen molar-refractivity contribution in [2.45, 2.75) is 62.3 Å². The molecule has 68 heavy (non-hydrogen) atoms. The summed E-state index contributed by atoms with van der Waals surface area (Å²) in [4.78, 5) is 18.9. The number of aliphatic hydroxyl groups excluding tert-OH is 1. The molecule has 20 nitrogen and oxygen atoms in total. The van der Waals surface area contributed by atoms with Crippen LogP contribution in [-0.2, 0) is 44.4 Å². The Morgan fingerprint density at radius 3 is 1.90 bits per heavy atom. The molecule has 0 aliphatic carbocycles. The minimum Gasteiger partial charge on any atom is -0.497 e. The van der Waals surface area contributed by atoms with Gasteiger partial charge < -0.3 is 40.5 Å². The minimum absolute atomic E-state index is 0.0751. The van der Waals surface area contributed by atoms with E-state index in [9.17, 15) is 9.90 Å². The number of ether oxygens (including phenoxy) is 4. The molecule has 0 aliphatic rings. The van der Waals surface area contributed by atoms with Crippen LogP contribution >= 0.6 is 0 Å². The molecule has 0 aliphatic heterocycles. The molecule has 0 radical (unpaired) electrons. The zero-order chi connectivity index (χ0) is 49.0. The fraction of sp³-hybridized carbons (Fsp3) is 0.283. The van der Waals surface area contributed by atoms with Gasteiger partial charge in [0.1, 0.15) is 39.8 Å². The summed E-state index contributed by atoms with van der Waals surface area (Å²) in [7, 11) is -5.50. The minimum atomic E-state index is -5.05. The number of rotatable bonds is 19. The van der Waals surface area contributed by atoms with Gasteiger partial charge in [0.05, 0.1) is 50.5 Å². The molecule has 2 atom stereocenters. The van der Waals surface area contributed by atoms with Crippen LogP contribution in [-0.4, -0.2) is 103 Å². The number of anilines is 1. The van der Waals surface area contributed by atoms with E-state index >= 15 is 16.8 Å². The number of benzene rings is 5. The normalized spacial score (nSPS) is 13.1. The topological polar surface area (TPSA) is 282 Å². The number of methoxy groups -OCH3 is 3. The van der Waals surface area contributed by atoms with E-state index in [0.717, 1.165) is 15.9 Å². The second-order valence-electron chi connectivity index (χ2n) is 16.8. The van der Waals surface area contributed by atoms with Gasteiger partial charge >= 0.3 is 6.09 Å². The lowest BCUT2D eigenvalue weighted by molar-refractivity contribution is 0.0253. The van der Waals surface area contributed by atoms with Crippen LogP contribution in [0.2, 0.25) is 0 Å². The molecule has 7 aromatic rings. The summed E-state index contributed by atoms with van der Waals surface area (Å²) in [5.41, 5.74) is 13.3. The van der Waals surface area contributed by atoms with Crippen molar-refractivity contribution in [3.63, 3.8) is 0 Å². The molecule has 2 unspecified atom stereocenters.